The number of hydrogen-bond donors (Lipinski definition) is 0. The number of carbonyl (C=O) groups is 1. The van der Waals surface area contributed by atoms with Gasteiger partial charge in [-0.3, -0.25) is 9.69 Å². The summed E-state index contributed by atoms with van der Waals surface area (Å²) < 4.78 is 43.6. The van der Waals surface area contributed by atoms with Gasteiger partial charge in [0.15, 0.2) is 5.76 Å². The van der Waals surface area contributed by atoms with E-state index in [2.05, 4.69) is 0 Å². The van der Waals surface area contributed by atoms with Crippen molar-refractivity contribution in [3.8, 4) is 0 Å². The summed E-state index contributed by atoms with van der Waals surface area (Å²) in [6, 6.07) is 4.11. The van der Waals surface area contributed by atoms with E-state index in [4.69, 9.17) is 4.42 Å². The summed E-state index contributed by atoms with van der Waals surface area (Å²) in [5.74, 6) is -0.482. The van der Waals surface area contributed by atoms with E-state index in [-0.39, 0.29) is 24.0 Å². The zero-order chi connectivity index (χ0) is 16.6. The second-order valence-corrected chi connectivity index (χ2v) is 5.68. The number of fused-ring (bicyclic) bond motifs is 1. The molecule has 2 aromatic rings. The third kappa shape index (κ3) is 3.19. The Morgan fingerprint density at radius 3 is 2.61 bits per heavy atom. The Morgan fingerprint density at radius 1 is 1.26 bits per heavy atom. The molecule has 1 fully saturated rings. The van der Waals surface area contributed by atoms with E-state index in [9.17, 15) is 18.0 Å². The number of alkyl halides is 2. The van der Waals surface area contributed by atoms with Gasteiger partial charge in [0.25, 0.3) is 12.3 Å². The maximum Gasteiger partial charge on any atom is 0.289 e. The Balaban J connectivity index is 1.75. The predicted octanol–water partition coefficient (Wildman–Crippen LogP) is 2.90. The number of halogens is 3. The maximum absolute atomic E-state index is 13.3. The average Bonchev–Trinajstić information content (AvgIpc) is 2.84. The summed E-state index contributed by atoms with van der Waals surface area (Å²) in [6.07, 6.45) is -2.37. The molecule has 0 aliphatic carbocycles. The second kappa shape index (κ2) is 6.23. The fourth-order valence-corrected chi connectivity index (χ4v) is 2.87. The van der Waals surface area contributed by atoms with Crippen molar-refractivity contribution in [3.05, 3.63) is 35.3 Å². The molecule has 0 spiro atoms. The van der Waals surface area contributed by atoms with Crippen LogP contribution in [0.25, 0.3) is 11.0 Å². The first kappa shape index (κ1) is 15.9. The fraction of sp³-hybridized carbons (Fsp3) is 0.438. The summed E-state index contributed by atoms with van der Waals surface area (Å²) >= 11 is 0. The van der Waals surface area contributed by atoms with Crippen LogP contribution in [0.1, 0.15) is 16.1 Å². The van der Waals surface area contributed by atoms with Gasteiger partial charge in [-0.05, 0) is 25.1 Å². The highest BCUT2D eigenvalue weighted by atomic mass is 19.3. The first-order valence-electron chi connectivity index (χ1n) is 7.44. The van der Waals surface area contributed by atoms with Gasteiger partial charge in [-0.25, -0.2) is 13.2 Å². The zero-order valence-electron chi connectivity index (χ0n) is 12.7. The van der Waals surface area contributed by atoms with Crippen molar-refractivity contribution in [2.75, 3.05) is 32.7 Å². The highest BCUT2D eigenvalue weighted by molar-refractivity contribution is 5.99. The third-order valence-corrected chi connectivity index (χ3v) is 4.15. The van der Waals surface area contributed by atoms with Crippen LogP contribution in [-0.4, -0.2) is 54.9 Å². The molecule has 1 aromatic heterocycles. The van der Waals surface area contributed by atoms with Crippen molar-refractivity contribution in [2.24, 2.45) is 0 Å². The van der Waals surface area contributed by atoms with E-state index in [1.54, 1.807) is 16.7 Å². The number of rotatable bonds is 3. The molecule has 1 aromatic carbocycles. The lowest BCUT2D eigenvalue weighted by Gasteiger charge is -2.34. The van der Waals surface area contributed by atoms with E-state index in [0.717, 1.165) is 0 Å². The maximum atomic E-state index is 13.3. The summed E-state index contributed by atoms with van der Waals surface area (Å²) in [5, 5.41) is 0.574. The molecule has 0 bridgehead atoms. The van der Waals surface area contributed by atoms with Crippen LogP contribution in [0.3, 0.4) is 0 Å². The molecule has 4 nitrogen and oxygen atoms in total. The van der Waals surface area contributed by atoms with Gasteiger partial charge in [0.1, 0.15) is 11.4 Å². The largest absolute Gasteiger partial charge is 0.451 e. The van der Waals surface area contributed by atoms with Crippen LogP contribution in [0, 0.1) is 12.7 Å². The normalized spacial score (nSPS) is 16.5. The number of piperazine rings is 1. The van der Waals surface area contributed by atoms with Gasteiger partial charge in [-0.1, -0.05) is 0 Å². The Hall–Kier alpha value is -2.02. The monoisotopic (exact) mass is 326 g/mol. The molecule has 7 heteroatoms. The lowest BCUT2D eigenvalue weighted by Crippen LogP contribution is -2.49. The lowest BCUT2D eigenvalue weighted by atomic mass is 10.1. The van der Waals surface area contributed by atoms with E-state index in [1.807, 2.05) is 0 Å². The van der Waals surface area contributed by atoms with Crippen molar-refractivity contribution in [3.63, 3.8) is 0 Å². The van der Waals surface area contributed by atoms with Gasteiger partial charge in [-0.2, -0.15) is 0 Å². The summed E-state index contributed by atoms with van der Waals surface area (Å²) in [6.45, 7) is 3.00. The minimum absolute atomic E-state index is 0.188. The number of carbonyl (C=O) groups excluding carboxylic acids is 1. The first-order chi connectivity index (χ1) is 11.0. The number of furan rings is 1. The van der Waals surface area contributed by atoms with Gasteiger partial charge in [-0.15, -0.1) is 0 Å². The van der Waals surface area contributed by atoms with Crippen molar-refractivity contribution < 1.29 is 22.4 Å². The van der Waals surface area contributed by atoms with Crippen molar-refractivity contribution in [1.82, 2.24) is 9.80 Å². The van der Waals surface area contributed by atoms with Crippen molar-refractivity contribution >= 4 is 16.9 Å². The summed E-state index contributed by atoms with van der Waals surface area (Å²) in [5.41, 5.74) is 1.06. The molecule has 0 unspecified atom stereocenters. The number of hydrogen-bond acceptors (Lipinski definition) is 3. The topological polar surface area (TPSA) is 36.7 Å². The highest BCUT2D eigenvalue weighted by Gasteiger charge is 2.27. The number of benzene rings is 1. The molecule has 1 amide bonds. The smallest absolute Gasteiger partial charge is 0.289 e. The fourth-order valence-electron chi connectivity index (χ4n) is 2.87. The Morgan fingerprint density at radius 2 is 1.96 bits per heavy atom. The van der Waals surface area contributed by atoms with Crippen LogP contribution in [0.2, 0.25) is 0 Å². The Kier molecular flexibility index (Phi) is 4.30. The molecule has 1 aliphatic rings. The van der Waals surface area contributed by atoms with Gasteiger partial charge >= 0.3 is 0 Å². The number of aryl methyl sites for hydroxylation is 1. The Bertz CT molecular complexity index is 721. The molecule has 3 rings (SSSR count). The summed E-state index contributed by atoms with van der Waals surface area (Å²) in [4.78, 5) is 15.8. The highest BCUT2D eigenvalue weighted by Crippen LogP contribution is 2.27. The van der Waals surface area contributed by atoms with Crippen LogP contribution in [0.15, 0.2) is 22.6 Å². The summed E-state index contributed by atoms with van der Waals surface area (Å²) in [7, 11) is 0. The van der Waals surface area contributed by atoms with Crippen molar-refractivity contribution in [1.29, 1.82) is 0 Å². The van der Waals surface area contributed by atoms with Gasteiger partial charge < -0.3 is 9.32 Å². The van der Waals surface area contributed by atoms with Gasteiger partial charge in [0, 0.05) is 37.1 Å². The molecular weight excluding hydrogens is 309 g/mol. The minimum Gasteiger partial charge on any atom is -0.451 e. The van der Waals surface area contributed by atoms with E-state index in [0.29, 0.717) is 42.7 Å². The molecule has 0 atom stereocenters. The molecule has 1 aliphatic heterocycles. The first-order valence-corrected chi connectivity index (χ1v) is 7.44. The van der Waals surface area contributed by atoms with Gasteiger partial charge in [0.05, 0.1) is 6.54 Å². The standard InChI is InChI=1S/C16H17F3N2O2/c1-10-12-8-11(17)2-3-13(12)23-15(10)16(22)21-6-4-20(5-7-21)9-14(18)19/h2-3,8,14H,4-7,9H2,1H3. The molecule has 0 N–H and O–H groups in total. The Labute approximate surface area is 131 Å². The number of amides is 1. The quantitative estimate of drug-likeness (QED) is 0.870. The van der Waals surface area contributed by atoms with Crippen LogP contribution < -0.4 is 0 Å². The van der Waals surface area contributed by atoms with Crippen molar-refractivity contribution in [2.45, 2.75) is 13.3 Å². The molecule has 0 saturated carbocycles. The van der Waals surface area contributed by atoms with Crippen LogP contribution in [-0.2, 0) is 0 Å². The predicted molar refractivity (Wildman–Crippen MR) is 79.3 cm³/mol. The molecule has 1 saturated heterocycles. The average molecular weight is 326 g/mol. The minimum atomic E-state index is -2.37. The molecule has 0 radical (unpaired) electrons. The molecule has 2 heterocycles. The zero-order valence-corrected chi connectivity index (χ0v) is 12.7. The van der Waals surface area contributed by atoms with Gasteiger partial charge in [0.2, 0.25) is 0 Å². The van der Waals surface area contributed by atoms with Crippen LogP contribution in [0.5, 0.6) is 0 Å². The lowest BCUT2D eigenvalue weighted by molar-refractivity contribution is 0.0440. The van der Waals surface area contributed by atoms with E-state index >= 15 is 0 Å². The van der Waals surface area contributed by atoms with Crippen LogP contribution in [0.4, 0.5) is 13.2 Å². The molecular formula is C16H17F3N2O2. The van der Waals surface area contributed by atoms with Crippen LogP contribution >= 0.6 is 0 Å². The third-order valence-electron chi connectivity index (χ3n) is 4.15. The number of nitrogens with zero attached hydrogens (tertiary/aromatic N) is 2. The SMILES string of the molecule is Cc1c(C(=O)N2CCN(CC(F)F)CC2)oc2ccc(F)cc12. The molecule has 124 valence electrons. The molecule has 23 heavy (non-hydrogen) atoms. The second-order valence-electron chi connectivity index (χ2n) is 5.68. The van der Waals surface area contributed by atoms with E-state index < -0.39 is 6.43 Å². The van der Waals surface area contributed by atoms with E-state index in [1.165, 1.54) is 18.2 Å².